The number of hydrogen-bond acceptors (Lipinski definition) is 5. The van der Waals surface area contributed by atoms with E-state index < -0.39 is 7.60 Å². The van der Waals surface area contributed by atoms with Gasteiger partial charge >= 0.3 is 7.60 Å². The standard InChI is InChI=1S/C19H24N5O3P/c1-14-2-3-16-17(18(14)24-10-7-20-13-24)21-12-22-19(16)23-8-4-15(5-9-23)6-11-28(25,26)27/h2-3,7,10,12-13,15H,4-6,8-9,11H2,1H3,(H2,25,26,27). The molecule has 0 radical (unpaired) electrons. The Labute approximate surface area is 163 Å². The first-order valence-corrected chi connectivity index (χ1v) is 11.2. The predicted octanol–water partition coefficient (Wildman–Crippen LogP) is 2.91. The maximum absolute atomic E-state index is 11.1. The van der Waals surface area contributed by atoms with E-state index >= 15 is 0 Å². The van der Waals surface area contributed by atoms with Crippen LogP contribution in [0.1, 0.15) is 24.8 Å². The zero-order valence-corrected chi connectivity index (χ0v) is 16.7. The molecule has 1 saturated heterocycles. The number of anilines is 1. The molecule has 4 rings (SSSR count). The van der Waals surface area contributed by atoms with Crippen molar-refractivity contribution in [2.75, 3.05) is 24.2 Å². The number of benzene rings is 1. The molecule has 0 bridgehead atoms. The molecule has 0 aliphatic carbocycles. The van der Waals surface area contributed by atoms with Gasteiger partial charge < -0.3 is 19.3 Å². The normalized spacial score (nSPS) is 16.0. The SMILES string of the molecule is Cc1ccc2c(N3CCC(CCP(=O)(O)O)CC3)ncnc2c1-n1ccnc1. The minimum Gasteiger partial charge on any atom is -0.356 e. The first kappa shape index (κ1) is 19.1. The molecule has 28 heavy (non-hydrogen) atoms. The Hall–Kier alpha value is -2.28. The molecule has 1 aromatic carbocycles. The Balaban J connectivity index is 1.59. The molecule has 0 atom stereocenters. The second kappa shape index (κ2) is 7.62. The van der Waals surface area contributed by atoms with E-state index in [1.54, 1.807) is 18.9 Å². The minimum atomic E-state index is -3.91. The largest absolute Gasteiger partial charge is 0.356 e. The van der Waals surface area contributed by atoms with Gasteiger partial charge in [-0.1, -0.05) is 6.07 Å². The highest BCUT2D eigenvalue weighted by Crippen LogP contribution is 2.38. The maximum atomic E-state index is 11.1. The third kappa shape index (κ3) is 3.94. The van der Waals surface area contributed by atoms with E-state index in [-0.39, 0.29) is 6.16 Å². The second-order valence-electron chi connectivity index (χ2n) is 7.40. The Morgan fingerprint density at radius 1 is 1.21 bits per heavy atom. The van der Waals surface area contributed by atoms with Crippen LogP contribution in [0.5, 0.6) is 0 Å². The average Bonchev–Trinajstić information content (AvgIpc) is 3.20. The van der Waals surface area contributed by atoms with Gasteiger partial charge in [0.05, 0.1) is 18.2 Å². The predicted molar refractivity (Wildman–Crippen MR) is 108 cm³/mol. The van der Waals surface area contributed by atoms with Crippen molar-refractivity contribution in [2.24, 2.45) is 5.92 Å². The number of aromatic nitrogens is 4. The molecule has 2 aromatic heterocycles. The highest BCUT2D eigenvalue weighted by atomic mass is 31.2. The molecule has 1 aliphatic heterocycles. The topological polar surface area (TPSA) is 104 Å². The summed E-state index contributed by atoms with van der Waals surface area (Å²) >= 11 is 0. The Morgan fingerprint density at radius 3 is 2.68 bits per heavy atom. The lowest BCUT2D eigenvalue weighted by Gasteiger charge is -2.33. The van der Waals surface area contributed by atoms with E-state index in [2.05, 4.69) is 38.9 Å². The summed E-state index contributed by atoms with van der Waals surface area (Å²) in [6.07, 6.45) is 9.41. The van der Waals surface area contributed by atoms with Crippen molar-refractivity contribution in [2.45, 2.75) is 26.2 Å². The number of nitrogens with zero attached hydrogens (tertiary/aromatic N) is 5. The summed E-state index contributed by atoms with van der Waals surface area (Å²) in [5.41, 5.74) is 3.02. The van der Waals surface area contributed by atoms with Crippen LogP contribution < -0.4 is 4.90 Å². The number of imidazole rings is 1. The molecule has 0 unspecified atom stereocenters. The van der Waals surface area contributed by atoms with Gasteiger partial charge in [-0.25, -0.2) is 15.0 Å². The van der Waals surface area contributed by atoms with E-state index in [0.717, 1.165) is 53.9 Å². The van der Waals surface area contributed by atoms with Gasteiger partial charge in [-0.2, -0.15) is 0 Å². The average molecular weight is 401 g/mol. The lowest BCUT2D eigenvalue weighted by molar-refractivity contribution is 0.350. The van der Waals surface area contributed by atoms with Gasteiger partial charge in [0.25, 0.3) is 0 Å². The van der Waals surface area contributed by atoms with Gasteiger partial charge in [0.15, 0.2) is 0 Å². The van der Waals surface area contributed by atoms with Crippen molar-refractivity contribution in [3.05, 3.63) is 42.7 Å². The van der Waals surface area contributed by atoms with Crippen LogP contribution in [0.25, 0.3) is 16.6 Å². The van der Waals surface area contributed by atoms with Crippen molar-refractivity contribution in [1.29, 1.82) is 0 Å². The number of piperidine rings is 1. The van der Waals surface area contributed by atoms with Crippen molar-refractivity contribution >= 4 is 24.3 Å². The van der Waals surface area contributed by atoms with Gasteiger partial charge in [-0.05, 0) is 43.7 Å². The zero-order valence-electron chi connectivity index (χ0n) is 15.8. The smallest absolute Gasteiger partial charge is 0.325 e. The quantitative estimate of drug-likeness (QED) is 0.634. The van der Waals surface area contributed by atoms with Gasteiger partial charge in [0.2, 0.25) is 0 Å². The lowest BCUT2D eigenvalue weighted by atomic mass is 9.94. The summed E-state index contributed by atoms with van der Waals surface area (Å²) in [7, 11) is -3.91. The zero-order chi connectivity index (χ0) is 19.7. The van der Waals surface area contributed by atoms with Gasteiger partial charge in [-0.3, -0.25) is 4.57 Å². The van der Waals surface area contributed by atoms with E-state index in [4.69, 9.17) is 9.79 Å². The molecule has 0 spiro atoms. The third-order valence-corrected chi connectivity index (χ3v) is 6.31. The number of rotatable bonds is 5. The molecule has 8 nitrogen and oxygen atoms in total. The molecule has 3 aromatic rings. The van der Waals surface area contributed by atoms with Gasteiger partial charge in [0, 0.05) is 30.9 Å². The minimum absolute atomic E-state index is 0.0261. The molecule has 2 N–H and O–H groups in total. The first-order valence-electron chi connectivity index (χ1n) is 9.44. The highest BCUT2D eigenvalue weighted by molar-refractivity contribution is 7.51. The van der Waals surface area contributed by atoms with E-state index in [0.29, 0.717) is 12.3 Å². The molecule has 3 heterocycles. The van der Waals surface area contributed by atoms with Crippen LogP contribution >= 0.6 is 7.60 Å². The summed E-state index contributed by atoms with van der Waals surface area (Å²) in [5.74, 6) is 1.26. The first-order chi connectivity index (χ1) is 13.4. The molecular weight excluding hydrogens is 377 g/mol. The number of hydrogen-bond donors (Lipinski definition) is 2. The monoisotopic (exact) mass is 401 g/mol. The number of aryl methyl sites for hydroxylation is 1. The van der Waals surface area contributed by atoms with Crippen LogP contribution in [0.3, 0.4) is 0 Å². The molecule has 0 saturated carbocycles. The summed E-state index contributed by atoms with van der Waals surface area (Å²) in [5, 5.41) is 1.01. The fourth-order valence-corrected chi connectivity index (χ4v) is 4.66. The number of fused-ring (bicyclic) bond motifs is 1. The van der Waals surface area contributed by atoms with Crippen LogP contribution in [0.2, 0.25) is 0 Å². The van der Waals surface area contributed by atoms with Crippen molar-refractivity contribution in [1.82, 2.24) is 19.5 Å². The van der Waals surface area contributed by atoms with Gasteiger partial charge in [-0.15, -0.1) is 0 Å². The van der Waals surface area contributed by atoms with E-state index in [9.17, 15) is 4.57 Å². The maximum Gasteiger partial charge on any atom is 0.325 e. The fraction of sp³-hybridized carbons (Fsp3) is 0.421. The summed E-state index contributed by atoms with van der Waals surface area (Å²) in [6, 6.07) is 4.15. The summed E-state index contributed by atoms with van der Waals surface area (Å²) in [4.78, 5) is 33.7. The second-order valence-corrected chi connectivity index (χ2v) is 9.18. The molecule has 148 valence electrons. The fourth-order valence-electron chi connectivity index (χ4n) is 3.96. The van der Waals surface area contributed by atoms with Crippen LogP contribution in [0.4, 0.5) is 5.82 Å². The van der Waals surface area contributed by atoms with Gasteiger partial charge in [0.1, 0.15) is 17.7 Å². The Kier molecular flexibility index (Phi) is 5.19. The third-order valence-electron chi connectivity index (χ3n) is 5.47. The van der Waals surface area contributed by atoms with Crippen LogP contribution in [0, 0.1) is 12.8 Å². The molecular formula is C19H24N5O3P. The summed E-state index contributed by atoms with van der Waals surface area (Å²) < 4.78 is 13.1. The van der Waals surface area contributed by atoms with Crippen LogP contribution in [-0.4, -0.2) is 48.6 Å². The van der Waals surface area contributed by atoms with Crippen molar-refractivity contribution in [3.8, 4) is 5.69 Å². The van der Waals surface area contributed by atoms with Crippen molar-refractivity contribution in [3.63, 3.8) is 0 Å². The molecule has 1 fully saturated rings. The van der Waals surface area contributed by atoms with Crippen LogP contribution in [0.15, 0.2) is 37.2 Å². The molecule has 0 amide bonds. The summed E-state index contributed by atoms with van der Waals surface area (Å²) in [6.45, 7) is 3.71. The van der Waals surface area contributed by atoms with E-state index in [1.807, 2.05) is 10.8 Å². The lowest BCUT2D eigenvalue weighted by Crippen LogP contribution is -2.34. The van der Waals surface area contributed by atoms with Crippen LogP contribution in [-0.2, 0) is 4.57 Å². The Morgan fingerprint density at radius 2 is 2.00 bits per heavy atom. The van der Waals surface area contributed by atoms with E-state index in [1.165, 1.54) is 0 Å². The van der Waals surface area contributed by atoms with Crippen molar-refractivity contribution < 1.29 is 14.4 Å². The Bertz CT molecular complexity index is 1010. The highest BCUT2D eigenvalue weighted by Gasteiger charge is 2.24. The molecule has 9 heteroatoms. The molecule has 1 aliphatic rings.